The van der Waals surface area contributed by atoms with E-state index in [0.29, 0.717) is 5.52 Å². The zero-order valence-electron chi connectivity index (χ0n) is 8.83. The Balaban J connectivity index is 2.44. The van der Waals surface area contributed by atoms with E-state index in [1.165, 1.54) is 6.07 Å². The number of aliphatic hydroxyl groups is 1. The minimum Gasteiger partial charge on any atom is -0.392 e. The molecule has 0 amide bonds. The highest BCUT2D eigenvalue weighted by molar-refractivity contribution is 5.84. The van der Waals surface area contributed by atoms with Gasteiger partial charge in [0.15, 0.2) is 0 Å². The minimum absolute atomic E-state index is 0.0369. The van der Waals surface area contributed by atoms with Crippen molar-refractivity contribution in [1.82, 2.24) is 4.98 Å². The van der Waals surface area contributed by atoms with Crippen LogP contribution < -0.4 is 0 Å². The summed E-state index contributed by atoms with van der Waals surface area (Å²) in [6.07, 6.45) is 2.89. The molecule has 2 aromatic rings. The van der Waals surface area contributed by atoms with E-state index in [9.17, 15) is 9.50 Å². The topological polar surface area (TPSA) is 33.1 Å². The van der Waals surface area contributed by atoms with E-state index in [4.69, 9.17) is 0 Å². The third-order valence-corrected chi connectivity index (χ3v) is 3.27. The maximum absolute atomic E-state index is 13.6. The number of rotatable bonds is 1. The molecule has 0 aliphatic heterocycles. The molecule has 3 heteroatoms. The average molecular weight is 217 g/mol. The van der Waals surface area contributed by atoms with Gasteiger partial charge in [0.1, 0.15) is 11.3 Å². The van der Waals surface area contributed by atoms with Gasteiger partial charge < -0.3 is 5.11 Å². The SMILES string of the molecule is OCc1c2c(nc3c(F)cccc13)CCC2. The first-order valence-electron chi connectivity index (χ1n) is 5.51. The molecule has 1 aromatic heterocycles. The van der Waals surface area contributed by atoms with Crippen LogP contribution >= 0.6 is 0 Å². The van der Waals surface area contributed by atoms with Crippen molar-refractivity contribution in [3.8, 4) is 0 Å². The first kappa shape index (κ1) is 9.73. The third-order valence-electron chi connectivity index (χ3n) is 3.27. The van der Waals surface area contributed by atoms with Crippen molar-refractivity contribution < 1.29 is 9.50 Å². The van der Waals surface area contributed by atoms with Crippen LogP contribution in [0.2, 0.25) is 0 Å². The van der Waals surface area contributed by atoms with Crippen LogP contribution in [0, 0.1) is 5.82 Å². The van der Waals surface area contributed by atoms with Gasteiger partial charge >= 0.3 is 0 Å². The highest BCUT2D eigenvalue weighted by atomic mass is 19.1. The molecule has 3 rings (SSSR count). The number of halogens is 1. The molecule has 0 saturated heterocycles. The second-order valence-corrected chi connectivity index (χ2v) is 4.16. The summed E-state index contributed by atoms with van der Waals surface area (Å²) in [6, 6.07) is 4.91. The molecule has 1 heterocycles. The van der Waals surface area contributed by atoms with Crippen LogP contribution in [0.4, 0.5) is 4.39 Å². The Kier molecular flexibility index (Phi) is 2.14. The van der Waals surface area contributed by atoms with Gasteiger partial charge in [-0.2, -0.15) is 0 Å². The standard InChI is InChI=1S/C13H12FNO/c14-11-5-1-4-9-10(7-16)8-3-2-6-12(8)15-13(9)11/h1,4-5,16H,2-3,6-7H2. The fraction of sp³-hybridized carbons (Fsp3) is 0.308. The molecule has 0 atom stereocenters. The van der Waals surface area contributed by atoms with Crippen molar-refractivity contribution in [2.24, 2.45) is 0 Å². The fourth-order valence-corrected chi connectivity index (χ4v) is 2.53. The number of aryl methyl sites for hydroxylation is 1. The van der Waals surface area contributed by atoms with Gasteiger partial charge in [0, 0.05) is 11.1 Å². The van der Waals surface area contributed by atoms with Crippen molar-refractivity contribution in [3.05, 3.63) is 40.8 Å². The third kappa shape index (κ3) is 1.25. The zero-order valence-corrected chi connectivity index (χ0v) is 8.83. The van der Waals surface area contributed by atoms with Gasteiger partial charge in [0.2, 0.25) is 0 Å². The lowest BCUT2D eigenvalue weighted by atomic mass is 10.0. The number of para-hydroxylation sites is 1. The lowest BCUT2D eigenvalue weighted by molar-refractivity contribution is 0.282. The van der Waals surface area contributed by atoms with Crippen LogP contribution in [0.5, 0.6) is 0 Å². The number of nitrogens with zero attached hydrogens (tertiary/aromatic N) is 1. The Morgan fingerprint density at radius 1 is 1.31 bits per heavy atom. The number of pyridine rings is 1. The molecule has 2 nitrogen and oxygen atoms in total. The quantitative estimate of drug-likeness (QED) is 0.795. The second kappa shape index (κ2) is 3.52. The van der Waals surface area contributed by atoms with Crippen LogP contribution in [-0.2, 0) is 19.4 Å². The molecule has 1 aromatic carbocycles. The van der Waals surface area contributed by atoms with Crippen LogP contribution in [0.15, 0.2) is 18.2 Å². The molecule has 0 spiro atoms. The van der Waals surface area contributed by atoms with Gasteiger partial charge in [-0.15, -0.1) is 0 Å². The van der Waals surface area contributed by atoms with Crippen LogP contribution in [0.3, 0.4) is 0 Å². The van der Waals surface area contributed by atoms with Crippen molar-refractivity contribution in [2.45, 2.75) is 25.9 Å². The average Bonchev–Trinajstić information content (AvgIpc) is 2.75. The van der Waals surface area contributed by atoms with E-state index in [1.807, 2.05) is 6.07 Å². The van der Waals surface area contributed by atoms with Crippen LogP contribution in [0.25, 0.3) is 10.9 Å². The van der Waals surface area contributed by atoms with E-state index >= 15 is 0 Å². The summed E-state index contributed by atoms with van der Waals surface area (Å²) in [6.45, 7) is -0.0369. The highest BCUT2D eigenvalue weighted by Crippen LogP contribution is 2.30. The van der Waals surface area contributed by atoms with E-state index in [0.717, 1.165) is 41.5 Å². The summed E-state index contributed by atoms with van der Waals surface area (Å²) >= 11 is 0. The zero-order chi connectivity index (χ0) is 11.1. The Morgan fingerprint density at radius 2 is 2.19 bits per heavy atom. The monoisotopic (exact) mass is 217 g/mol. The molecule has 1 aliphatic rings. The van der Waals surface area contributed by atoms with Gasteiger partial charge in [-0.1, -0.05) is 12.1 Å². The van der Waals surface area contributed by atoms with Crippen molar-refractivity contribution in [1.29, 1.82) is 0 Å². The summed E-state index contributed by atoms with van der Waals surface area (Å²) < 4.78 is 13.6. The first-order valence-corrected chi connectivity index (χ1v) is 5.51. The van der Waals surface area contributed by atoms with Crippen molar-refractivity contribution in [2.75, 3.05) is 0 Å². The van der Waals surface area contributed by atoms with Gasteiger partial charge in [-0.3, -0.25) is 0 Å². The molecular formula is C13H12FNO. The summed E-state index contributed by atoms with van der Waals surface area (Å²) in [7, 11) is 0. The second-order valence-electron chi connectivity index (χ2n) is 4.16. The van der Waals surface area contributed by atoms with E-state index in [2.05, 4.69) is 4.98 Å². The number of hydrogen-bond donors (Lipinski definition) is 1. The fourth-order valence-electron chi connectivity index (χ4n) is 2.53. The molecule has 16 heavy (non-hydrogen) atoms. The number of fused-ring (bicyclic) bond motifs is 2. The Morgan fingerprint density at radius 3 is 3.00 bits per heavy atom. The summed E-state index contributed by atoms with van der Waals surface area (Å²) in [4.78, 5) is 4.38. The summed E-state index contributed by atoms with van der Waals surface area (Å²) in [5.41, 5.74) is 3.34. The van der Waals surface area contributed by atoms with Gasteiger partial charge in [0.05, 0.1) is 6.61 Å². The van der Waals surface area contributed by atoms with E-state index < -0.39 is 0 Å². The Bertz CT molecular complexity index is 565. The number of hydrogen-bond acceptors (Lipinski definition) is 2. The molecule has 0 bridgehead atoms. The van der Waals surface area contributed by atoms with Crippen molar-refractivity contribution >= 4 is 10.9 Å². The first-order chi connectivity index (χ1) is 7.81. The molecule has 1 N–H and O–H groups in total. The van der Waals surface area contributed by atoms with Crippen molar-refractivity contribution in [3.63, 3.8) is 0 Å². The molecule has 0 saturated carbocycles. The number of benzene rings is 1. The lowest BCUT2D eigenvalue weighted by Gasteiger charge is -2.10. The summed E-state index contributed by atoms with van der Waals surface area (Å²) in [5.74, 6) is -0.304. The summed E-state index contributed by atoms with van der Waals surface area (Å²) in [5, 5.41) is 10.2. The maximum Gasteiger partial charge on any atom is 0.149 e. The Labute approximate surface area is 92.7 Å². The Hall–Kier alpha value is -1.48. The molecule has 82 valence electrons. The number of aliphatic hydroxyl groups excluding tert-OH is 1. The number of aromatic nitrogens is 1. The van der Waals surface area contributed by atoms with Crippen LogP contribution in [-0.4, -0.2) is 10.1 Å². The molecule has 1 aliphatic carbocycles. The van der Waals surface area contributed by atoms with E-state index in [1.54, 1.807) is 6.07 Å². The van der Waals surface area contributed by atoms with Crippen LogP contribution in [0.1, 0.15) is 23.2 Å². The normalized spacial score (nSPS) is 14.4. The van der Waals surface area contributed by atoms with E-state index in [-0.39, 0.29) is 12.4 Å². The molecule has 0 fully saturated rings. The van der Waals surface area contributed by atoms with Gasteiger partial charge in [-0.05, 0) is 36.5 Å². The largest absolute Gasteiger partial charge is 0.392 e. The minimum atomic E-state index is -0.304. The predicted octanol–water partition coefficient (Wildman–Crippen LogP) is 2.35. The molecule has 0 unspecified atom stereocenters. The van der Waals surface area contributed by atoms with Gasteiger partial charge in [-0.25, -0.2) is 9.37 Å². The molecule has 0 radical (unpaired) electrons. The van der Waals surface area contributed by atoms with Gasteiger partial charge in [0.25, 0.3) is 0 Å². The maximum atomic E-state index is 13.6. The molecular weight excluding hydrogens is 205 g/mol. The smallest absolute Gasteiger partial charge is 0.149 e. The lowest BCUT2D eigenvalue weighted by Crippen LogP contribution is -2.00. The highest BCUT2D eigenvalue weighted by Gasteiger charge is 2.19. The predicted molar refractivity (Wildman–Crippen MR) is 59.6 cm³/mol.